The number of ether oxygens (including phenoxy) is 1. The molecule has 1 aromatic rings. The molecule has 1 heterocycles. The maximum Gasteiger partial charge on any atom is 0.246 e. The van der Waals surface area contributed by atoms with Crippen LogP contribution in [0.3, 0.4) is 0 Å². The van der Waals surface area contributed by atoms with Gasteiger partial charge in [-0.15, -0.1) is 0 Å². The topological polar surface area (TPSA) is 75.7 Å². The highest BCUT2D eigenvalue weighted by molar-refractivity contribution is 7.89. The van der Waals surface area contributed by atoms with E-state index in [4.69, 9.17) is 4.74 Å². The first-order valence-electron chi connectivity index (χ1n) is 7.48. The number of rotatable bonds is 4. The van der Waals surface area contributed by atoms with Crippen LogP contribution in [-0.4, -0.2) is 51.6 Å². The van der Waals surface area contributed by atoms with Gasteiger partial charge >= 0.3 is 0 Å². The fraction of sp³-hybridized carbons (Fsp3) is 0.438. The first-order valence-corrected chi connectivity index (χ1v) is 8.96. The molecule has 0 bridgehead atoms. The molecule has 1 saturated heterocycles. The maximum atomic E-state index is 12.2. The Morgan fingerprint density at radius 2 is 1.78 bits per heavy atom. The fourth-order valence-electron chi connectivity index (χ4n) is 2.51. The molecule has 2 rings (SSSR count). The van der Waals surface area contributed by atoms with Gasteiger partial charge in [0.15, 0.2) is 0 Å². The summed E-state index contributed by atoms with van der Waals surface area (Å²) in [6, 6.07) is 6.35. The Hall–Kier alpha value is -1.70. The molecule has 1 amide bonds. The summed E-state index contributed by atoms with van der Waals surface area (Å²) in [7, 11) is -2.07. The Morgan fingerprint density at radius 1 is 1.22 bits per heavy atom. The largest absolute Gasteiger partial charge is 0.372 e. The van der Waals surface area contributed by atoms with Gasteiger partial charge in [-0.3, -0.25) is 4.79 Å². The smallest absolute Gasteiger partial charge is 0.246 e. The Kier molecular flexibility index (Phi) is 5.56. The monoisotopic (exact) mass is 338 g/mol. The van der Waals surface area contributed by atoms with E-state index in [1.54, 1.807) is 23.1 Å². The number of hydrogen-bond donors (Lipinski definition) is 1. The van der Waals surface area contributed by atoms with Crippen LogP contribution in [0.1, 0.15) is 19.4 Å². The van der Waals surface area contributed by atoms with Crippen LogP contribution in [0.2, 0.25) is 0 Å². The van der Waals surface area contributed by atoms with E-state index in [9.17, 15) is 13.2 Å². The summed E-state index contributed by atoms with van der Waals surface area (Å²) in [4.78, 5) is 14.2. The summed E-state index contributed by atoms with van der Waals surface area (Å²) >= 11 is 0. The number of carbonyl (C=O) groups is 1. The van der Waals surface area contributed by atoms with Crippen molar-refractivity contribution in [2.75, 3.05) is 20.1 Å². The van der Waals surface area contributed by atoms with Crippen LogP contribution in [0.15, 0.2) is 35.2 Å². The Bertz CT molecular complexity index is 673. The number of morpholine rings is 1. The first-order chi connectivity index (χ1) is 10.8. The SMILES string of the molecule is CNS(=O)(=O)c1ccc(/C=C\C(=O)N2C[C@H](C)O[C@@H](C)C2)cc1. The second kappa shape index (κ2) is 7.25. The quantitative estimate of drug-likeness (QED) is 0.838. The van der Waals surface area contributed by atoms with Gasteiger partial charge < -0.3 is 9.64 Å². The van der Waals surface area contributed by atoms with Crippen molar-refractivity contribution in [3.8, 4) is 0 Å². The average molecular weight is 338 g/mol. The minimum absolute atomic E-state index is 0.0298. The molecular weight excluding hydrogens is 316 g/mol. The van der Waals surface area contributed by atoms with Crippen molar-refractivity contribution in [1.29, 1.82) is 0 Å². The lowest BCUT2D eigenvalue weighted by atomic mass is 10.2. The van der Waals surface area contributed by atoms with Crippen LogP contribution < -0.4 is 4.72 Å². The van der Waals surface area contributed by atoms with E-state index in [0.29, 0.717) is 13.1 Å². The van der Waals surface area contributed by atoms with Crippen LogP contribution in [0, 0.1) is 0 Å². The van der Waals surface area contributed by atoms with Crippen LogP contribution in [0.4, 0.5) is 0 Å². The van der Waals surface area contributed by atoms with Crippen LogP contribution in [-0.2, 0) is 19.6 Å². The van der Waals surface area contributed by atoms with E-state index >= 15 is 0 Å². The minimum Gasteiger partial charge on any atom is -0.372 e. The van der Waals surface area contributed by atoms with Crippen LogP contribution in [0.25, 0.3) is 6.08 Å². The lowest BCUT2D eigenvalue weighted by Gasteiger charge is -2.34. The number of amides is 1. The standard InChI is InChI=1S/C16H22N2O4S/c1-12-10-18(11-13(2)22-12)16(19)9-6-14-4-7-15(8-5-14)23(20,21)17-3/h4-9,12-13,17H,10-11H2,1-3H3/b9-6-/t12-,13-/m0/s1. The van der Waals surface area contributed by atoms with E-state index in [0.717, 1.165) is 5.56 Å². The zero-order chi connectivity index (χ0) is 17.0. The molecule has 7 heteroatoms. The van der Waals surface area contributed by atoms with Gasteiger partial charge in [-0.05, 0) is 44.7 Å². The highest BCUT2D eigenvalue weighted by atomic mass is 32.2. The summed E-state index contributed by atoms with van der Waals surface area (Å²) in [5, 5.41) is 0. The summed E-state index contributed by atoms with van der Waals surface area (Å²) in [6.07, 6.45) is 3.25. The Morgan fingerprint density at radius 3 is 2.30 bits per heavy atom. The fourth-order valence-corrected chi connectivity index (χ4v) is 3.24. The van der Waals surface area contributed by atoms with Crippen molar-refractivity contribution >= 4 is 22.0 Å². The van der Waals surface area contributed by atoms with E-state index in [1.807, 2.05) is 13.8 Å². The third-order valence-corrected chi connectivity index (χ3v) is 5.04. The molecule has 1 N–H and O–H groups in total. The van der Waals surface area contributed by atoms with Gasteiger partial charge in [-0.2, -0.15) is 0 Å². The van der Waals surface area contributed by atoms with Gasteiger partial charge in [0.25, 0.3) is 0 Å². The van der Waals surface area contributed by atoms with Gasteiger partial charge in [-0.25, -0.2) is 13.1 Å². The van der Waals surface area contributed by atoms with Gasteiger partial charge in [0.2, 0.25) is 15.9 Å². The number of nitrogens with zero attached hydrogens (tertiary/aromatic N) is 1. The van der Waals surface area contributed by atoms with Crippen molar-refractivity contribution in [1.82, 2.24) is 9.62 Å². The molecule has 1 aromatic carbocycles. The number of sulfonamides is 1. The average Bonchev–Trinajstić information content (AvgIpc) is 2.52. The van der Waals surface area contributed by atoms with E-state index in [1.165, 1.54) is 25.3 Å². The van der Waals surface area contributed by atoms with E-state index in [2.05, 4.69) is 4.72 Å². The summed E-state index contributed by atoms with van der Waals surface area (Å²) in [6.45, 7) is 5.04. The zero-order valence-corrected chi connectivity index (χ0v) is 14.3. The van der Waals surface area contributed by atoms with Gasteiger partial charge in [-0.1, -0.05) is 12.1 Å². The van der Waals surface area contributed by atoms with E-state index < -0.39 is 10.0 Å². The normalized spacial score (nSPS) is 22.5. The van der Waals surface area contributed by atoms with E-state index in [-0.39, 0.29) is 23.0 Å². The molecule has 23 heavy (non-hydrogen) atoms. The third-order valence-electron chi connectivity index (χ3n) is 3.61. The molecule has 126 valence electrons. The molecule has 1 fully saturated rings. The Labute approximate surface area is 137 Å². The molecule has 1 aliphatic heterocycles. The summed E-state index contributed by atoms with van der Waals surface area (Å²) in [5.74, 6) is -0.0704. The number of hydrogen-bond acceptors (Lipinski definition) is 4. The highest BCUT2D eigenvalue weighted by Crippen LogP contribution is 2.13. The maximum absolute atomic E-state index is 12.2. The third kappa shape index (κ3) is 4.63. The summed E-state index contributed by atoms with van der Waals surface area (Å²) in [5.41, 5.74) is 0.766. The molecule has 0 radical (unpaired) electrons. The van der Waals surface area contributed by atoms with Gasteiger partial charge in [0.05, 0.1) is 17.1 Å². The van der Waals surface area contributed by atoms with Gasteiger partial charge in [0, 0.05) is 19.2 Å². The molecular formula is C16H22N2O4S. The van der Waals surface area contributed by atoms with Crippen molar-refractivity contribution in [3.63, 3.8) is 0 Å². The molecule has 0 spiro atoms. The van der Waals surface area contributed by atoms with Crippen molar-refractivity contribution < 1.29 is 17.9 Å². The second-order valence-electron chi connectivity index (χ2n) is 5.61. The number of benzene rings is 1. The molecule has 0 aliphatic carbocycles. The predicted octanol–water partition coefficient (Wildman–Crippen LogP) is 1.24. The molecule has 1 aliphatic rings. The molecule has 6 nitrogen and oxygen atoms in total. The zero-order valence-electron chi connectivity index (χ0n) is 13.5. The van der Waals surface area contributed by atoms with Gasteiger partial charge in [0.1, 0.15) is 0 Å². The lowest BCUT2D eigenvalue weighted by Crippen LogP contribution is -2.47. The number of nitrogens with one attached hydrogen (secondary N) is 1. The second-order valence-corrected chi connectivity index (χ2v) is 7.50. The van der Waals surface area contributed by atoms with Crippen molar-refractivity contribution in [2.45, 2.75) is 31.0 Å². The van der Waals surface area contributed by atoms with Crippen molar-refractivity contribution in [3.05, 3.63) is 35.9 Å². The first kappa shape index (κ1) is 17.7. The summed E-state index contributed by atoms with van der Waals surface area (Å²) < 4.78 is 31.2. The van der Waals surface area contributed by atoms with Crippen LogP contribution in [0.5, 0.6) is 0 Å². The highest BCUT2D eigenvalue weighted by Gasteiger charge is 2.24. The predicted molar refractivity (Wildman–Crippen MR) is 88.3 cm³/mol. The Balaban J connectivity index is 2.04. The van der Waals surface area contributed by atoms with Crippen molar-refractivity contribution in [2.24, 2.45) is 0 Å². The molecule has 0 saturated carbocycles. The minimum atomic E-state index is -3.44. The molecule has 2 atom stereocenters. The lowest BCUT2D eigenvalue weighted by molar-refractivity contribution is -0.137. The number of carbonyl (C=O) groups excluding carboxylic acids is 1. The molecule has 0 unspecified atom stereocenters. The van der Waals surface area contributed by atoms with Crippen LogP contribution >= 0.6 is 0 Å². The molecule has 0 aromatic heterocycles.